The summed E-state index contributed by atoms with van der Waals surface area (Å²) in [5.74, 6) is -0.0710. The van der Waals surface area contributed by atoms with E-state index in [1.165, 1.54) is 109 Å². The van der Waals surface area contributed by atoms with Crippen molar-refractivity contribution in [2.75, 3.05) is 13.2 Å². The molecule has 0 saturated carbocycles. The number of carbonyl (C=O) groups is 2. The highest BCUT2D eigenvalue weighted by Gasteiger charge is 2.22. The van der Waals surface area contributed by atoms with Crippen LogP contribution in [0.1, 0.15) is 213 Å². The van der Waals surface area contributed by atoms with Gasteiger partial charge in [0.25, 0.3) is 0 Å². The SMILES string of the molecule is CCCC[C@@H](O)/C=C\C/C=C\C/C=C\C/C=C\CCCC(=O)O[C@H](COC(=O)CCCCCCCCCCCCCCCCCCCCC(C)CC)COP(=O)(O)O. The van der Waals surface area contributed by atoms with Crippen LogP contribution in [0.15, 0.2) is 48.6 Å². The Balaban J connectivity index is 3.94. The fourth-order valence-electron chi connectivity index (χ4n) is 6.54. The first-order valence-corrected chi connectivity index (χ1v) is 24.9. The average molecular weight is 839 g/mol. The van der Waals surface area contributed by atoms with Crippen molar-refractivity contribution in [1.82, 2.24) is 0 Å². The monoisotopic (exact) mass is 839 g/mol. The van der Waals surface area contributed by atoms with Gasteiger partial charge in [-0.2, -0.15) is 0 Å². The lowest BCUT2D eigenvalue weighted by molar-refractivity contribution is -0.161. The van der Waals surface area contributed by atoms with Crippen LogP contribution in [0.25, 0.3) is 0 Å². The van der Waals surface area contributed by atoms with Crippen molar-refractivity contribution >= 4 is 19.8 Å². The third-order valence-corrected chi connectivity index (χ3v) is 10.9. The predicted octanol–water partition coefficient (Wildman–Crippen LogP) is 13.5. The summed E-state index contributed by atoms with van der Waals surface area (Å²) in [6, 6.07) is 0. The topological polar surface area (TPSA) is 140 Å². The van der Waals surface area contributed by atoms with Gasteiger partial charge in [-0.3, -0.25) is 14.1 Å². The lowest BCUT2D eigenvalue weighted by Gasteiger charge is -2.18. The second-order valence-electron chi connectivity index (χ2n) is 16.1. The molecule has 0 amide bonds. The Morgan fingerprint density at radius 1 is 0.569 bits per heavy atom. The fourth-order valence-corrected chi connectivity index (χ4v) is 6.90. The van der Waals surface area contributed by atoms with E-state index in [1.807, 2.05) is 24.3 Å². The second kappa shape index (κ2) is 41.7. The second-order valence-corrected chi connectivity index (χ2v) is 17.4. The Labute approximate surface area is 355 Å². The van der Waals surface area contributed by atoms with Crippen molar-refractivity contribution in [3.8, 4) is 0 Å². The van der Waals surface area contributed by atoms with Crippen LogP contribution in [-0.2, 0) is 28.2 Å². The van der Waals surface area contributed by atoms with E-state index in [1.54, 1.807) is 0 Å². The Hall–Kier alpha value is -2.03. The number of aliphatic hydroxyl groups is 1. The van der Waals surface area contributed by atoms with E-state index >= 15 is 0 Å². The lowest BCUT2D eigenvalue weighted by atomic mass is 9.99. The molecule has 0 radical (unpaired) electrons. The third-order valence-electron chi connectivity index (χ3n) is 10.5. The van der Waals surface area contributed by atoms with Gasteiger partial charge in [-0.05, 0) is 50.9 Å². The van der Waals surface area contributed by atoms with Gasteiger partial charge in [-0.1, -0.05) is 204 Å². The molecule has 3 atom stereocenters. The van der Waals surface area contributed by atoms with Gasteiger partial charge in [0.1, 0.15) is 6.61 Å². The molecule has 0 rings (SSSR count). The number of esters is 2. The Morgan fingerprint density at radius 2 is 1.03 bits per heavy atom. The minimum Gasteiger partial charge on any atom is -0.462 e. The zero-order chi connectivity index (χ0) is 42.8. The van der Waals surface area contributed by atoms with Gasteiger partial charge in [0.05, 0.1) is 12.7 Å². The summed E-state index contributed by atoms with van der Waals surface area (Å²) in [5.41, 5.74) is 0. The third kappa shape index (κ3) is 43.5. The summed E-state index contributed by atoms with van der Waals surface area (Å²) >= 11 is 0. The Kier molecular flexibility index (Phi) is 40.2. The van der Waals surface area contributed by atoms with Gasteiger partial charge < -0.3 is 24.4 Å². The fraction of sp³-hybridized carbons (Fsp3) is 0.792. The van der Waals surface area contributed by atoms with E-state index in [0.717, 1.165) is 57.3 Å². The molecule has 0 saturated heterocycles. The minimum atomic E-state index is -4.78. The number of carbonyl (C=O) groups excluding carboxylic acids is 2. The number of phosphoric ester groups is 1. The van der Waals surface area contributed by atoms with Crippen molar-refractivity contribution in [3.05, 3.63) is 48.6 Å². The van der Waals surface area contributed by atoms with E-state index < -0.39 is 32.5 Å². The van der Waals surface area contributed by atoms with E-state index in [9.17, 15) is 19.3 Å². The van der Waals surface area contributed by atoms with Gasteiger partial charge >= 0.3 is 19.8 Å². The highest BCUT2D eigenvalue weighted by atomic mass is 31.2. The summed E-state index contributed by atoms with van der Waals surface area (Å²) < 4.78 is 26.4. The van der Waals surface area contributed by atoms with E-state index in [-0.39, 0.29) is 25.6 Å². The first kappa shape index (κ1) is 56.0. The van der Waals surface area contributed by atoms with Gasteiger partial charge in [-0.25, -0.2) is 4.57 Å². The minimum absolute atomic E-state index is 0.120. The highest BCUT2D eigenvalue weighted by molar-refractivity contribution is 7.46. The van der Waals surface area contributed by atoms with Crippen molar-refractivity contribution in [2.24, 2.45) is 5.92 Å². The molecular formula is C48H87O9P. The first-order valence-electron chi connectivity index (χ1n) is 23.4. The van der Waals surface area contributed by atoms with Crippen molar-refractivity contribution in [2.45, 2.75) is 226 Å². The van der Waals surface area contributed by atoms with Crippen LogP contribution in [0.2, 0.25) is 0 Å². The van der Waals surface area contributed by atoms with Gasteiger partial charge in [0.15, 0.2) is 6.10 Å². The van der Waals surface area contributed by atoms with Gasteiger partial charge in [-0.15, -0.1) is 0 Å². The molecule has 0 heterocycles. The standard InChI is InChI=1S/C48H87O9P/c1-4-6-38-45(49)39-34-30-26-22-18-15-16-20-24-28-32-36-41-48(51)57-46(43-56-58(52,53)54)42-55-47(50)40-35-31-27-23-19-14-12-10-8-7-9-11-13-17-21-25-29-33-37-44(3)5-2/h15-16,22,24,26,28,34,39,44-46,49H,4-14,17-21,23,25,27,29-33,35-38,40-43H2,1-3H3,(H2,52,53,54)/b16-15-,26-22-,28-24-,39-34-/t44?,45-,46-/m1/s1. The van der Waals surface area contributed by atoms with Crippen molar-refractivity contribution < 1.29 is 43.0 Å². The van der Waals surface area contributed by atoms with Crippen molar-refractivity contribution in [1.29, 1.82) is 0 Å². The number of rotatable bonds is 42. The van der Waals surface area contributed by atoms with Crippen LogP contribution >= 0.6 is 7.82 Å². The molecule has 0 bridgehead atoms. The molecule has 10 heteroatoms. The molecule has 0 aromatic carbocycles. The maximum atomic E-state index is 12.4. The number of ether oxygens (including phenoxy) is 2. The molecule has 0 aliphatic rings. The summed E-state index contributed by atoms with van der Waals surface area (Å²) in [5, 5.41) is 9.80. The quantitative estimate of drug-likeness (QED) is 0.0237. The maximum absolute atomic E-state index is 12.4. The summed E-state index contributed by atoms with van der Waals surface area (Å²) in [7, 11) is -4.78. The summed E-state index contributed by atoms with van der Waals surface area (Å²) in [4.78, 5) is 42.9. The molecule has 0 aliphatic carbocycles. The van der Waals surface area contributed by atoms with Crippen LogP contribution in [0, 0.1) is 5.92 Å². The number of unbranched alkanes of at least 4 members (excludes halogenated alkanes) is 19. The molecule has 338 valence electrons. The molecule has 3 N–H and O–H groups in total. The van der Waals surface area contributed by atoms with E-state index in [0.29, 0.717) is 19.3 Å². The van der Waals surface area contributed by atoms with Gasteiger partial charge in [0, 0.05) is 12.8 Å². The zero-order valence-electron chi connectivity index (χ0n) is 37.2. The molecule has 0 aromatic rings. The molecule has 9 nitrogen and oxygen atoms in total. The molecule has 0 aromatic heterocycles. The Morgan fingerprint density at radius 3 is 1.53 bits per heavy atom. The van der Waals surface area contributed by atoms with Crippen LogP contribution < -0.4 is 0 Å². The van der Waals surface area contributed by atoms with Crippen LogP contribution in [0.5, 0.6) is 0 Å². The molecule has 1 unspecified atom stereocenters. The molecule has 0 fully saturated rings. The molecule has 58 heavy (non-hydrogen) atoms. The number of hydrogen-bond acceptors (Lipinski definition) is 7. The van der Waals surface area contributed by atoms with E-state index in [4.69, 9.17) is 19.3 Å². The largest absolute Gasteiger partial charge is 0.469 e. The smallest absolute Gasteiger partial charge is 0.462 e. The van der Waals surface area contributed by atoms with Crippen LogP contribution in [-0.4, -0.2) is 52.3 Å². The zero-order valence-corrected chi connectivity index (χ0v) is 38.1. The van der Waals surface area contributed by atoms with Crippen molar-refractivity contribution in [3.63, 3.8) is 0 Å². The normalized spacial score (nSPS) is 14.0. The average Bonchev–Trinajstić information content (AvgIpc) is 3.19. The van der Waals surface area contributed by atoms with Crippen LogP contribution in [0.4, 0.5) is 0 Å². The molecular weight excluding hydrogens is 751 g/mol. The number of allylic oxidation sites excluding steroid dienone is 7. The Bertz CT molecular complexity index is 1110. The first-order chi connectivity index (χ1) is 28.1. The number of hydrogen-bond donors (Lipinski definition) is 3. The summed E-state index contributed by atoms with van der Waals surface area (Å²) in [6.07, 6.45) is 47.5. The molecule has 0 spiro atoms. The maximum Gasteiger partial charge on any atom is 0.469 e. The van der Waals surface area contributed by atoms with E-state index in [2.05, 4.69) is 49.6 Å². The number of phosphoric acid groups is 1. The summed E-state index contributed by atoms with van der Waals surface area (Å²) in [6.45, 7) is 5.89. The number of aliphatic hydroxyl groups excluding tert-OH is 1. The lowest BCUT2D eigenvalue weighted by Crippen LogP contribution is -2.29. The predicted molar refractivity (Wildman–Crippen MR) is 240 cm³/mol. The molecule has 0 aliphatic heterocycles. The van der Waals surface area contributed by atoms with Crippen LogP contribution in [0.3, 0.4) is 0 Å². The highest BCUT2D eigenvalue weighted by Crippen LogP contribution is 2.36. The van der Waals surface area contributed by atoms with Gasteiger partial charge in [0.2, 0.25) is 0 Å².